The summed E-state index contributed by atoms with van der Waals surface area (Å²) in [6.45, 7) is 0. The molecule has 0 bridgehead atoms. The van der Waals surface area contributed by atoms with Crippen molar-refractivity contribution in [2.45, 2.75) is 10.8 Å². The first-order valence-corrected chi connectivity index (χ1v) is 42.6. The van der Waals surface area contributed by atoms with Crippen molar-refractivity contribution < 1.29 is 0 Å². The van der Waals surface area contributed by atoms with E-state index in [0.717, 1.165) is 11.4 Å². The molecule has 0 fully saturated rings. The number of hydrogen-bond donors (Lipinski definition) is 0. The van der Waals surface area contributed by atoms with Gasteiger partial charge in [-0.1, -0.05) is 315 Å². The van der Waals surface area contributed by atoms with Crippen LogP contribution < -0.4 is 14.7 Å². The minimum Gasteiger partial charge on any atom is -0.345 e. The molecule has 3 aromatic heterocycles. The summed E-state index contributed by atoms with van der Waals surface area (Å²) < 4.78 is 7.15. The Morgan fingerprint density at radius 3 is 0.894 bits per heavy atom. The van der Waals surface area contributed by atoms with Crippen LogP contribution in [0, 0.1) is 0 Å². The predicted molar refractivity (Wildman–Crippen MR) is 517 cm³/mol. The third kappa shape index (κ3) is 11.3. The molecule has 0 radical (unpaired) electrons. The van der Waals surface area contributed by atoms with E-state index in [-0.39, 0.29) is 5.41 Å². The quantitative estimate of drug-likeness (QED) is 0.129. The summed E-state index contributed by atoms with van der Waals surface area (Å²) in [4.78, 5) is 6.92. The highest BCUT2D eigenvalue weighted by atomic mass is 15.1. The Morgan fingerprint density at radius 1 is 0.179 bits per heavy atom. The van der Waals surface area contributed by atoms with Gasteiger partial charge in [-0.05, 0) is 223 Å². The van der Waals surface area contributed by atoms with Crippen LogP contribution >= 0.6 is 0 Å². The fourth-order valence-corrected chi connectivity index (χ4v) is 20.9. The summed E-state index contributed by atoms with van der Waals surface area (Å²) >= 11 is 0. The zero-order valence-corrected chi connectivity index (χ0v) is 68.5. The van der Waals surface area contributed by atoms with Gasteiger partial charge in [0.1, 0.15) is 0 Å². The van der Waals surface area contributed by atoms with Crippen molar-refractivity contribution in [3.63, 3.8) is 0 Å². The second-order valence-electron chi connectivity index (χ2n) is 32.7. The van der Waals surface area contributed by atoms with Gasteiger partial charge in [-0.25, -0.2) is 0 Å². The van der Waals surface area contributed by atoms with Crippen molar-refractivity contribution in [3.05, 3.63) is 499 Å². The second-order valence-corrected chi connectivity index (χ2v) is 32.7. The lowest BCUT2D eigenvalue weighted by Crippen LogP contribution is -2.28. The molecule has 3 aliphatic carbocycles. The molecule has 6 nitrogen and oxygen atoms in total. The van der Waals surface area contributed by atoms with Crippen LogP contribution in [0.25, 0.3) is 127 Å². The van der Waals surface area contributed by atoms with Crippen LogP contribution in [0.1, 0.15) is 44.5 Å². The van der Waals surface area contributed by atoms with E-state index >= 15 is 0 Å². The van der Waals surface area contributed by atoms with Crippen LogP contribution in [0.3, 0.4) is 0 Å². The summed E-state index contributed by atoms with van der Waals surface area (Å²) in [6, 6.07) is 166. The lowest BCUT2D eigenvalue weighted by Gasteiger charge is -2.34. The van der Waals surface area contributed by atoms with Crippen molar-refractivity contribution in [1.82, 2.24) is 13.7 Å². The normalized spacial score (nSPS) is 12.8. The monoisotopic (exact) mass is 1570 g/mol. The number of aromatic nitrogens is 3. The smallest absolute Gasteiger partial charge is 0.0726 e. The SMILES string of the molecule is CN(c1ccc2c(c1)C(c1ccccc1)(c1ccccc1)c1ccccc1-2)c1ccc2c(c1)c1ccccc1n2-c1ccccc1.CN(c1ccc2c(c1)C1(c3ccccc3-c3ccccc31)c1ccccc1-2)c1ccc2c(c1)c1ccccc1n2-c1ccccc1.CN(c1ccccc1)c1ccc2c(c1)c1ccccc1n2-c1cccc2ccccc12. The molecular formula is C117H84N6. The topological polar surface area (TPSA) is 24.5 Å². The van der Waals surface area contributed by atoms with Gasteiger partial charge in [0, 0.05) is 104 Å². The molecule has 0 saturated heterocycles. The Morgan fingerprint density at radius 2 is 0.463 bits per heavy atom. The Labute approximate surface area is 715 Å². The van der Waals surface area contributed by atoms with E-state index in [1.165, 1.54) is 194 Å². The van der Waals surface area contributed by atoms with Gasteiger partial charge in [0.2, 0.25) is 0 Å². The zero-order valence-electron chi connectivity index (χ0n) is 68.5. The van der Waals surface area contributed by atoms with Gasteiger partial charge in [-0.15, -0.1) is 0 Å². The summed E-state index contributed by atoms with van der Waals surface area (Å²) in [5.41, 5.74) is 35.7. The molecule has 123 heavy (non-hydrogen) atoms. The lowest BCUT2D eigenvalue weighted by atomic mass is 9.67. The maximum absolute atomic E-state index is 2.45. The highest BCUT2D eigenvalue weighted by molar-refractivity contribution is 6.14. The maximum Gasteiger partial charge on any atom is 0.0726 e. The van der Waals surface area contributed by atoms with Gasteiger partial charge in [0.25, 0.3) is 0 Å². The molecule has 0 unspecified atom stereocenters. The van der Waals surface area contributed by atoms with Crippen LogP contribution in [0.4, 0.5) is 34.1 Å². The van der Waals surface area contributed by atoms with Crippen LogP contribution in [-0.2, 0) is 10.8 Å². The molecule has 6 heteroatoms. The number of rotatable bonds is 11. The lowest BCUT2D eigenvalue weighted by molar-refractivity contribution is 0.768. The Balaban J connectivity index is 0.000000109. The van der Waals surface area contributed by atoms with E-state index in [1.807, 2.05) is 0 Å². The number of nitrogens with zero attached hydrogens (tertiary/aromatic N) is 6. The Kier molecular flexibility index (Phi) is 17.3. The molecule has 1 spiro atoms. The molecule has 0 N–H and O–H groups in total. The third-order valence-corrected chi connectivity index (χ3v) is 26.5. The van der Waals surface area contributed by atoms with E-state index in [1.54, 1.807) is 0 Å². The molecule has 25 rings (SSSR count). The van der Waals surface area contributed by atoms with Crippen LogP contribution in [-0.4, -0.2) is 34.8 Å². The first-order valence-electron chi connectivity index (χ1n) is 42.6. The molecule has 0 saturated carbocycles. The van der Waals surface area contributed by atoms with Gasteiger partial charge >= 0.3 is 0 Å². The summed E-state index contributed by atoms with van der Waals surface area (Å²) in [5.74, 6) is 0. The zero-order chi connectivity index (χ0) is 81.9. The van der Waals surface area contributed by atoms with E-state index in [4.69, 9.17) is 0 Å². The molecule has 582 valence electrons. The molecule has 3 aliphatic rings. The highest BCUT2D eigenvalue weighted by Gasteiger charge is 2.52. The van der Waals surface area contributed by atoms with Gasteiger partial charge in [0.15, 0.2) is 0 Å². The van der Waals surface area contributed by atoms with Crippen LogP contribution in [0.2, 0.25) is 0 Å². The Bertz CT molecular complexity index is 7500. The maximum atomic E-state index is 2.45. The fraction of sp³-hybridized carbons (Fsp3) is 0.0427. The van der Waals surface area contributed by atoms with Gasteiger partial charge in [-0.3, -0.25) is 0 Å². The molecule has 0 atom stereocenters. The predicted octanol–water partition coefficient (Wildman–Crippen LogP) is 29.5. The van der Waals surface area contributed by atoms with E-state index in [2.05, 4.69) is 505 Å². The Hall–Kier alpha value is -15.8. The number of fused-ring (bicyclic) bond motifs is 23. The number of anilines is 6. The number of para-hydroxylation sites is 6. The standard InChI is InChI=1S/C44H30N2.C44H32N2.C29H22N2/c1-45(30-24-26-43-37(27-30)36-18-8-12-22-42(36)46(43)29-13-3-2-4-14-29)31-23-25-35-34-17-7-11-21-40(34)44(41(35)28-31)38-19-9-5-15-32(38)33-16-6-10-20-39(33)44;1-45(34-26-28-43-39(29-34)38-22-12-14-24-42(38)46(43)33-19-9-4-10-20-33)35-25-27-37-36-21-11-13-23-40(36)44(41(37)30-35,31-15-5-2-6-16-31)32-17-7-3-8-18-32;1-30(22-12-3-2-4-13-22)23-18-19-29-26(20-23)25-15-7-8-16-28(25)31(29)27-17-9-11-21-10-5-6-14-24(21)27/h2-28H,1H3;2-30H,1H3;2-20H,1H3. The van der Waals surface area contributed by atoms with Crippen molar-refractivity contribution in [2.24, 2.45) is 0 Å². The van der Waals surface area contributed by atoms with E-state index in [0.29, 0.717) is 0 Å². The first kappa shape index (κ1) is 72.5. The molecule has 0 amide bonds. The molecule has 0 aliphatic heterocycles. The van der Waals surface area contributed by atoms with E-state index < -0.39 is 5.41 Å². The fourth-order valence-electron chi connectivity index (χ4n) is 20.9. The summed E-state index contributed by atoms with van der Waals surface area (Å²) in [7, 11) is 6.51. The first-order chi connectivity index (χ1) is 60.8. The largest absolute Gasteiger partial charge is 0.345 e. The average molecular weight is 1570 g/mol. The summed E-state index contributed by atoms with van der Waals surface area (Å²) in [5, 5.41) is 10.1. The van der Waals surface area contributed by atoms with E-state index in [9.17, 15) is 0 Å². The molecule has 22 aromatic rings. The minimum absolute atomic E-state index is 0.344. The van der Waals surface area contributed by atoms with Gasteiger partial charge in [0.05, 0.1) is 49.6 Å². The number of hydrogen-bond acceptors (Lipinski definition) is 3. The number of benzene rings is 19. The van der Waals surface area contributed by atoms with Crippen LogP contribution in [0.15, 0.2) is 455 Å². The minimum atomic E-state index is -0.418. The molecule has 3 heterocycles. The third-order valence-electron chi connectivity index (χ3n) is 26.5. The van der Waals surface area contributed by atoms with Gasteiger partial charge in [-0.2, -0.15) is 0 Å². The molecule has 19 aromatic carbocycles. The van der Waals surface area contributed by atoms with Crippen molar-refractivity contribution in [1.29, 1.82) is 0 Å². The summed E-state index contributed by atoms with van der Waals surface area (Å²) in [6.07, 6.45) is 0. The highest BCUT2D eigenvalue weighted by Crippen LogP contribution is 2.64. The van der Waals surface area contributed by atoms with Crippen molar-refractivity contribution in [3.8, 4) is 50.4 Å². The van der Waals surface area contributed by atoms with Crippen molar-refractivity contribution in [2.75, 3.05) is 35.8 Å². The second kappa shape index (κ2) is 29.3. The van der Waals surface area contributed by atoms with Crippen LogP contribution in [0.5, 0.6) is 0 Å². The molecular weight excluding hydrogens is 1490 g/mol. The van der Waals surface area contributed by atoms with Gasteiger partial charge < -0.3 is 28.4 Å². The average Bonchev–Trinajstić information content (AvgIpc) is 1.51. The van der Waals surface area contributed by atoms with Crippen molar-refractivity contribution >= 4 is 110 Å².